The Bertz CT molecular complexity index is 1660. The minimum atomic E-state index is -0.217. The fourth-order valence-corrected chi connectivity index (χ4v) is 7.21. The van der Waals surface area contributed by atoms with Gasteiger partial charge < -0.3 is 30.7 Å². The third-order valence-corrected chi connectivity index (χ3v) is 10.9. The molecule has 0 bridgehead atoms. The molecule has 3 N–H and O–H groups in total. The Labute approximate surface area is 288 Å². The molecule has 3 aromatic carbocycles. The maximum Gasteiger partial charge on any atom is 0.0835 e. The smallest absolute Gasteiger partial charge is 0.0835 e. The zero-order chi connectivity index (χ0) is 32.4. The predicted octanol–water partition coefficient (Wildman–Crippen LogP) is 9.79. The molecule has 12 heteroatoms. The number of nitrogens with one attached hydrogen (secondary N) is 3. The van der Waals surface area contributed by atoms with E-state index in [0.717, 1.165) is 113 Å². The molecule has 0 unspecified atom stereocenters. The third-order valence-electron chi connectivity index (χ3n) is 8.11. The van der Waals surface area contributed by atoms with Crippen molar-refractivity contribution in [1.29, 1.82) is 0 Å². The van der Waals surface area contributed by atoms with Crippen LogP contribution in [0.25, 0.3) is 0 Å². The molecule has 0 fully saturated rings. The van der Waals surface area contributed by atoms with Gasteiger partial charge in [0, 0.05) is 57.9 Å². The molecule has 0 saturated heterocycles. The number of anilines is 6. The molecule has 0 aromatic heterocycles. The summed E-state index contributed by atoms with van der Waals surface area (Å²) in [6.07, 6.45) is 2.78. The summed E-state index contributed by atoms with van der Waals surface area (Å²) < 4.78 is 4.58. The fraction of sp³-hybridized carbons (Fsp3) is 0.613. The molecule has 0 heterocycles. The molecule has 0 radical (unpaired) electrons. The van der Waals surface area contributed by atoms with E-state index in [1.165, 1.54) is 0 Å². The summed E-state index contributed by atoms with van der Waals surface area (Å²) in [5, 5.41) is 10.9. The van der Waals surface area contributed by atoms with Gasteiger partial charge >= 0.3 is 0 Å². The predicted molar refractivity (Wildman–Crippen MR) is 205 cm³/mol. The standard InChI is InChI=1S/C31H46N6S6/c1-10-16-35(8)21-20(26(40)27(21)41)34-30(4,5)13-15-32-18-19(25(39)24(18)38)33-31(6,7)14-17-36(9)22-23(29(43)28(22)42)37(11-2)12-3/h32-34H,10-17H2,1-9H3. The third kappa shape index (κ3) is 7.69. The van der Waals surface area contributed by atoms with Crippen molar-refractivity contribution in [3.05, 3.63) is 27.1 Å². The molecule has 43 heavy (non-hydrogen) atoms. The second-order valence-corrected chi connectivity index (χ2v) is 15.1. The molecule has 0 aliphatic carbocycles. The molecular formula is C31H46N6S6. The Morgan fingerprint density at radius 2 is 1.02 bits per heavy atom. The second-order valence-electron chi connectivity index (χ2n) is 12.6. The first kappa shape index (κ1) is 36.0. The van der Waals surface area contributed by atoms with Crippen molar-refractivity contribution in [3.8, 4) is 0 Å². The lowest BCUT2D eigenvalue weighted by molar-refractivity contribution is 0.518. The van der Waals surface area contributed by atoms with Crippen LogP contribution in [0.15, 0.2) is 0 Å². The molecule has 3 rings (SSSR count). The minimum Gasteiger partial charge on any atom is -0.382 e. The topological polar surface area (TPSA) is 45.8 Å². The minimum absolute atomic E-state index is 0.201. The van der Waals surface area contributed by atoms with Crippen molar-refractivity contribution in [2.75, 3.05) is 77.5 Å². The Balaban J connectivity index is 1.61. The molecule has 0 saturated carbocycles. The summed E-state index contributed by atoms with van der Waals surface area (Å²) in [5.41, 5.74) is 5.67. The zero-order valence-corrected chi connectivity index (χ0v) is 31.8. The average molecular weight is 695 g/mol. The molecule has 0 aliphatic rings. The zero-order valence-electron chi connectivity index (χ0n) is 26.9. The highest BCUT2D eigenvalue weighted by molar-refractivity contribution is 7.75. The summed E-state index contributed by atoms with van der Waals surface area (Å²) in [6, 6.07) is 0. The van der Waals surface area contributed by atoms with Crippen LogP contribution in [0.3, 0.4) is 0 Å². The van der Waals surface area contributed by atoms with Gasteiger partial charge in [-0.3, -0.25) is 0 Å². The van der Waals surface area contributed by atoms with Gasteiger partial charge in [-0.1, -0.05) is 80.2 Å². The molecular weight excluding hydrogens is 649 g/mol. The van der Waals surface area contributed by atoms with Crippen LogP contribution in [0, 0.1) is 27.1 Å². The highest BCUT2D eigenvalue weighted by atomic mass is 32.1. The van der Waals surface area contributed by atoms with Crippen LogP contribution in [-0.4, -0.2) is 57.9 Å². The second kappa shape index (κ2) is 14.3. The molecule has 6 nitrogen and oxygen atoms in total. The van der Waals surface area contributed by atoms with Gasteiger partial charge in [-0.05, 0) is 60.8 Å². The van der Waals surface area contributed by atoms with Crippen LogP contribution in [0.2, 0.25) is 0 Å². The summed E-state index contributed by atoms with van der Waals surface area (Å²) in [5.74, 6) is 0. The van der Waals surface area contributed by atoms with Crippen molar-refractivity contribution in [3.63, 3.8) is 0 Å². The highest BCUT2D eigenvalue weighted by Gasteiger charge is 2.28. The van der Waals surface area contributed by atoms with E-state index in [2.05, 4.69) is 93.2 Å². The van der Waals surface area contributed by atoms with E-state index in [1.54, 1.807) is 0 Å². The Hall–Kier alpha value is -1.44. The van der Waals surface area contributed by atoms with Crippen molar-refractivity contribution in [2.24, 2.45) is 0 Å². The first-order valence-electron chi connectivity index (χ1n) is 15.0. The fourth-order valence-electron chi connectivity index (χ4n) is 5.40. The summed E-state index contributed by atoms with van der Waals surface area (Å²) >= 11 is 33.7. The van der Waals surface area contributed by atoms with E-state index in [1.807, 2.05) is 0 Å². The van der Waals surface area contributed by atoms with Crippen molar-refractivity contribution < 1.29 is 0 Å². The van der Waals surface area contributed by atoms with Gasteiger partial charge in [-0.15, -0.1) is 0 Å². The molecule has 0 spiro atoms. The molecule has 236 valence electrons. The van der Waals surface area contributed by atoms with Crippen molar-refractivity contribution >= 4 is 107 Å². The summed E-state index contributed by atoms with van der Waals surface area (Å²) in [4.78, 5) is 6.72. The normalized spacial score (nSPS) is 12.2. The van der Waals surface area contributed by atoms with Gasteiger partial charge in [-0.2, -0.15) is 0 Å². The summed E-state index contributed by atoms with van der Waals surface area (Å²) in [7, 11) is 4.17. The molecule has 3 aromatic rings. The van der Waals surface area contributed by atoms with E-state index in [0.29, 0.717) is 0 Å². The van der Waals surface area contributed by atoms with Crippen LogP contribution < -0.4 is 30.7 Å². The van der Waals surface area contributed by atoms with Gasteiger partial charge in [0.15, 0.2) is 0 Å². The lowest BCUT2D eigenvalue weighted by Crippen LogP contribution is -2.38. The van der Waals surface area contributed by atoms with E-state index in [9.17, 15) is 0 Å². The first-order valence-corrected chi connectivity index (χ1v) is 17.4. The van der Waals surface area contributed by atoms with E-state index in [-0.39, 0.29) is 11.1 Å². The SMILES string of the molecule is CCCN(C)c1c(NC(C)(C)CCNc2c(NC(C)(C)CCN(C)c3c(N(CC)CC)c(=S)c3=S)c(=S)c2=S)c(=S)c1=S. The van der Waals surface area contributed by atoms with Crippen LogP contribution >= 0.6 is 73.3 Å². The number of nitrogens with zero attached hydrogens (tertiary/aromatic N) is 3. The lowest BCUT2D eigenvalue weighted by atomic mass is 9.97. The number of hydrogen-bond acceptors (Lipinski definition) is 12. The van der Waals surface area contributed by atoms with Gasteiger partial charge in [-0.25, -0.2) is 0 Å². The van der Waals surface area contributed by atoms with E-state index >= 15 is 0 Å². The number of rotatable bonds is 18. The van der Waals surface area contributed by atoms with Gasteiger partial charge in [0.2, 0.25) is 0 Å². The van der Waals surface area contributed by atoms with Gasteiger partial charge in [0.05, 0.1) is 61.2 Å². The molecule has 0 atom stereocenters. The monoisotopic (exact) mass is 694 g/mol. The Kier molecular flexibility index (Phi) is 12.0. The van der Waals surface area contributed by atoms with Crippen LogP contribution in [0.1, 0.15) is 67.7 Å². The summed E-state index contributed by atoms with van der Waals surface area (Å²) in [6.45, 7) is 19.5. The number of hydrogen-bond donors (Lipinski definition) is 3. The van der Waals surface area contributed by atoms with Crippen LogP contribution in [0.5, 0.6) is 0 Å². The van der Waals surface area contributed by atoms with E-state index in [4.69, 9.17) is 73.3 Å². The van der Waals surface area contributed by atoms with Gasteiger partial charge in [0.25, 0.3) is 0 Å². The van der Waals surface area contributed by atoms with E-state index < -0.39 is 0 Å². The van der Waals surface area contributed by atoms with Crippen molar-refractivity contribution in [2.45, 2.75) is 78.8 Å². The van der Waals surface area contributed by atoms with Crippen LogP contribution in [0.4, 0.5) is 34.1 Å². The Morgan fingerprint density at radius 1 is 0.558 bits per heavy atom. The van der Waals surface area contributed by atoms with Crippen molar-refractivity contribution in [1.82, 2.24) is 0 Å². The largest absolute Gasteiger partial charge is 0.382 e. The molecule has 0 amide bonds. The maximum absolute atomic E-state index is 5.66. The molecule has 0 aliphatic heterocycles. The first-order chi connectivity index (χ1) is 20.0. The lowest BCUT2D eigenvalue weighted by Gasteiger charge is -2.35. The average Bonchev–Trinajstić information content (AvgIpc) is 2.96. The van der Waals surface area contributed by atoms with Crippen LogP contribution in [-0.2, 0) is 0 Å². The van der Waals surface area contributed by atoms with Gasteiger partial charge in [0.1, 0.15) is 0 Å². The quantitative estimate of drug-likeness (QED) is 0.111. The Morgan fingerprint density at radius 3 is 1.60 bits per heavy atom. The maximum atomic E-state index is 5.66. The highest BCUT2D eigenvalue weighted by Crippen LogP contribution is 2.40.